The molecule has 0 amide bonds. The standard InChI is InChI=1S/C12H19BrN2O3S2/c1-2-15(8-9-4-3-5-18-9)20(16,17)11-6-10(7-14)19-12(11)13/h6,9H,2-5,7-8,14H2,1H3. The van der Waals surface area contributed by atoms with E-state index in [1.54, 1.807) is 6.07 Å². The first-order valence-electron chi connectivity index (χ1n) is 6.59. The van der Waals surface area contributed by atoms with Crippen molar-refractivity contribution < 1.29 is 13.2 Å². The lowest BCUT2D eigenvalue weighted by molar-refractivity contribution is 0.0947. The second-order valence-electron chi connectivity index (χ2n) is 4.65. The Morgan fingerprint density at radius 1 is 1.60 bits per heavy atom. The minimum absolute atomic E-state index is 0.0103. The summed E-state index contributed by atoms with van der Waals surface area (Å²) in [7, 11) is -3.50. The van der Waals surface area contributed by atoms with Crippen molar-refractivity contribution in [1.82, 2.24) is 4.31 Å². The first kappa shape index (κ1) is 16.4. The van der Waals surface area contributed by atoms with Gasteiger partial charge in [0.05, 0.1) is 9.89 Å². The number of thiophene rings is 1. The second-order valence-corrected chi connectivity index (χ2v) is 9.01. The van der Waals surface area contributed by atoms with Gasteiger partial charge in [-0.05, 0) is 34.8 Å². The Labute approximate surface area is 132 Å². The summed E-state index contributed by atoms with van der Waals surface area (Å²) in [5, 5.41) is 0. The molecule has 114 valence electrons. The molecule has 1 aromatic heterocycles. The van der Waals surface area contributed by atoms with E-state index in [0.29, 0.717) is 28.3 Å². The van der Waals surface area contributed by atoms with Crippen molar-refractivity contribution in [3.63, 3.8) is 0 Å². The van der Waals surface area contributed by atoms with Gasteiger partial charge in [-0.2, -0.15) is 4.31 Å². The molecule has 0 spiro atoms. The number of nitrogens with zero attached hydrogens (tertiary/aromatic N) is 1. The molecule has 2 rings (SSSR count). The van der Waals surface area contributed by atoms with Gasteiger partial charge in [0.15, 0.2) is 0 Å². The number of likely N-dealkylation sites (N-methyl/N-ethyl adjacent to an activating group) is 1. The number of halogens is 1. The molecule has 0 bridgehead atoms. The molecule has 8 heteroatoms. The SMILES string of the molecule is CCN(CC1CCCO1)S(=O)(=O)c1cc(CN)sc1Br. The molecule has 0 radical (unpaired) electrons. The van der Waals surface area contributed by atoms with Gasteiger partial charge in [0.25, 0.3) is 0 Å². The molecule has 2 N–H and O–H groups in total. The molecule has 0 aromatic carbocycles. The van der Waals surface area contributed by atoms with Gasteiger partial charge in [-0.25, -0.2) is 8.42 Å². The van der Waals surface area contributed by atoms with E-state index < -0.39 is 10.0 Å². The van der Waals surface area contributed by atoms with Crippen LogP contribution in [0.5, 0.6) is 0 Å². The van der Waals surface area contributed by atoms with Crippen LogP contribution in [0.1, 0.15) is 24.6 Å². The number of ether oxygens (including phenoxy) is 1. The average molecular weight is 383 g/mol. The second kappa shape index (κ2) is 6.85. The lowest BCUT2D eigenvalue weighted by atomic mass is 10.2. The maximum atomic E-state index is 12.7. The fraction of sp³-hybridized carbons (Fsp3) is 0.667. The van der Waals surface area contributed by atoms with E-state index in [4.69, 9.17) is 10.5 Å². The van der Waals surface area contributed by atoms with Crippen LogP contribution in [0.25, 0.3) is 0 Å². The lowest BCUT2D eigenvalue weighted by Gasteiger charge is -2.23. The van der Waals surface area contributed by atoms with Crippen molar-refractivity contribution in [2.75, 3.05) is 19.7 Å². The monoisotopic (exact) mass is 382 g/mol. The van der Waals surface area contributed by atoms with E-state index in [1.807, 2.05) is 6.92 Å². The molecule has 1 fully saturated rings. The predicted molar refractivity (Wildman–Crippen MR) is 83.3 cm³/mol. The highest BCUT2D eigenvalue weighted by Crippen LogP contribution is 2.33. The maximum absolute atomic E-state index is 12.7. The first-order valence-corrected chi connectivity index (χ1v) is 9.64. The summed E-state index contributed by atoms with van der Waals surface area (Å²) in [6.45, 7) is 3.76. The van der Waals surface area contributed by atoms with Crippen LogP contribution in [0.3, 0.4) is 0 Å². The van der Waals surface area contributed by atoms with Crippen LogP contribution in [0.15, 0.2) is 14.7 Å². The summed E-state index contributed by atoms with van der Waals surface area (Å²) in [6, 6.07) is 1.66. The van der Waals surface area contributed by atoms with Gasteiger partial charge in [0, 0.05) is 31.1 Å². The highest BCUT2D eigenvalue weighted by molar-refractivity contribution is 9.11. The number of nitrogens with two attached hydrogens (primary N) is 1. The Balaban J connectivity index is 2.23. The smallest absolute Gasteiger partial charge is 0.245 e. The van der Waals surface area contributed by atoms with Crippen molar-refractivity contribution >= 4 is 37.3 Å². The Bertz CT molecular complexity index is 553. The van der Waals surface area contributed by atoms with E-state index in [0.717, 1.165) is 24.3 Å². The van der Waals surface area contributed by atoms with Crippen LogP contribution in [0.4, 0.5) is 0 Å². The lowest BCUT2D eigenvalue weighted by Crippen LogP contribution is -2.37. The first-order chi connectivity index (χ1) is 9.48. The molecule has 1 aromatic rings. The summed E-state index contributed by atoms with van der Waals surface area (Å²) < 4.78 is 33.0. The third kappa shape index (κ3) is 3.42. The van der Waals surface area contributed by atoms with Crippen molar-refractivity contribution in [1.29, 1.82) is 0 Å². The maximum Gasteiger partial charge on any atom is 0.245 e. The summed E-state index contributed by atoms with van der Waals surface area (Å²) >= 11 is 4.70. The van der Waals surface area contributed by atoms with E-state index in [2.05, 4.69) is 15.9 Å². The molecule has 1 atom stereocenters. The largest absolute Gasteiger partial charge is 0.377 e. The zero-order valence-electron chi connectivity index (χ0n) is 11.3. The van der Waals surface area contributed by atoms with Crippen molar-refractivity contribution in [3.8, 4) is 0 Å². The quantitative estimate of drug-likeness (QED) is 0.817. The Morgan fingerprint density at radius 3 is 2.85 bits per heavy atom. The molecule has 2 heterocycles. The molecule has 0 aliphatic carbocycles. The molecule has 0 saturated carbocycles. The molecule has 1 aliphatic rings. The highest BCUT2D eigenvalue weighted by atomic mass is 79.9. The van der Waals surface area contributed by atoms with Crippen LogP contribution in [-0.4, -0.2) is 38.5 Å². The van der Waals surface area contributed by atoms with Crippen molar-refractivity contribution in [2.45, 2.75) is 37.3 Å². The van der Waals surface area contributed by atoms with Gasteiger partial charge in [-0.15, -0.1) is 11.3 Å². The van der Waals surface area contributed by atoms with Gasteiger partial charge in [-0.3, -0.25) is 0 Å². The number of hydrogen-bond donors (Lipinski definition) is 1. The summed E-state index contributed by atoms with van der Waals surface area (Å²) in [6.07, 6.45) is 1.93. The number of rotatable bonds is 6. The average Bonchev–Trinajstić information content (AvgIpc) is 3.04. The Morgan fingerprint density at radius 2 is 2.35 bits per heavy atom. The summed E-state index contributed by atoms with van der Waals surface area (Å²) in [5.74, 6) is 0. The highest BCUT2D eigenvalue weighted by Gasteiger charge is 2.30. The Kier molecular flexibility index (Phi) is 5.61. The molecule has 1 aliphatic heterocycles. The van der Waals surface area contributed by atoms with E-state index in [9.17, 15) is 8.42 Å². The van der Waals surface area contributed by atoms with E-state index >= 15 is 0 Å². The third-order valence-corrected chi connectivity index (χ3v) is 7.52. The van der Waals surface area contributed by atoms with Crippen LogP contribution < -0.4 is 5.73 Å². The third-order valence-electron chi connectivity index (χ3n) is 3.31. The normalized spacial score (nSPS) is 19.9. The van der Waals surface area contributed by atoms with Gasteiger partial charge in [0.2, 0.25) is 10.0 Å². The Hall–Kier alpha value is 0.01000. The topological polar surface area (TPSA) is 72.6 Å². The van der Waals surface area contributed by atoms with E-state index in [1.165, 1.54) is 15.6 Å². The summed E-state index contributed by atoms with van der Waals surface area (Å²) in [5.41, 5.74) is 5.58. The molecule has 20 heavy (non-hydrogen) atoms. The fourth-order valence-electron chi connectivity index (χ4n) is 2.23. The molecule has 1 unspecified atom stereocenters. The zero-order chi connectivity index (χ0) is 14.8. The van der Waals surface area contributed by atoms with Crippen LogP contribution in [0.2, 0.25) is 0 Å². The number of hydrogen-bond acceptors (Lipinski definition) is 5. The van der Waals surface area contributed by atoms with Crippen LogP contribution in [-0.2, 0) is 21.3 Å². The van der Waals surface area contributed by atoms with Gasteiger partial charge >= 0.3 is 0 Å². The molecular weight excluding hydrogens is 364 g/mol. The van der Waals surface area contributed by atoms with Gasteiger partial charge < -0.3 is 10.5 Å². The van der Waals surface area contributed by atoms with E-state index in [-0.39, 0.29) is 6.10 Å². The van der Waals surface area contributed by atoms with Gasteiger partial charge in [0.1, 0.15) is 4.90 Å². The molecular formula is C12H19BrN2O3S2. The minimum atomic E-state index is -3.50. The van der Waals surface area contributed by atoms with Crippen LogP contribution >= 0.6 is 27.3 Å². The molecule has 1 saturated heterocycles. The van der Waals surface area contributed by atoms with Crippen LogP contribution in [0, 0.1) is 0 Å². The minimum Gasteiger partial charge on any atom is -0.377 e. The van der Waals surface area contributed by atoms with Gasteiger partial charge in [-0.1, -0.05) is 6.92 Å². The summed E-state index contributed by atoms with van der Waals surface area (Å²) in [4.78, 5) is 1.16. The van der Waals surface area contributed by atoms with Crippen molar-refractivity contribution in [3.05, 3.63) is 14.7 Å². The molecule has 5 nitrogen and oxygen atoms in total. The predicted octanol–water partition coefficient (Wildman–Crippen LogP) is 2.16. The zero-order valence-corrected chi connectivity index (χ0v) is 14.6. The fourth-order valence-corrected chi connectivity index (χ4v) is 6.22. The van der Waals surface area contributed by atoms with Crippen molar-refractivity contribution in [2.24, 2.45) is 5.73 Å². The number of sulfonamides is 1.